The Labute approximate surface area is 286 Å². The summed E-state index contributed by atoms with van der Waals surface area (Å²) in [5.41, 5.74) is 6.24. The molecule has 0 saturated heterocycles. The summed E-state index contributed by atoms with van der Waals surface area (Å²) in [5.74, 6) is -5.13. The van der Waals surface area contributed by atoms with Crippen LogP contribution in [0.3, 0.4) is 0 Å². The first kappa shape index (κ1) is 38.0. The second-order valence-corrected chi connectivity index (χ2v) is 11.9. The summed E-state index contributed by atoms with van der Waals surface area (Å²) < 4.78 is 27.0. The summed E-state index contributed by atoms with van der Waals surface area (Å²) in [5, 5.41) is 1.68. The molecule has 1 aromatic carbocycles. The minimum Gasteiger partial charge on any atom is -0.462 e. The van der Waals surface area contributed by atoms with Gasteiger partial charge in [0.2, 0.25) is 0 Å². The number of nitrogen functional groups attached to an aromatic ring is 1. The van der Waals surface area contributed by atoms with Crippen LogP contribution >= 0.6 is 79.4 Å². The van der Waals surface area contributed by atoms with E-state index >= 15 is 0 Å². The summed E-state index contributed by atoms with van der Waals surface area (Å²) in [4.78, 5) is 85.0. The fourth-order valence-corrected chi connectivity index (χ4v) is 8.13. The van der Waals surface area contributed by atoms with E-state index in [0.29, 0.717) is 7.14 Å². The highest BCUT2D eigenvalue weighted by Gasteiger charge is 2.44. The van der Waals surface area contributed by atoms with Gasteiger partial charge in [-0.1, -0.05) is 0 Å². The molecular formula is C24H26ClI3N2O12. The second-order valence-electron chi connectivity index (χ2n) is 8.34. The first-order valence-corrected chi connectivity index (χ1v) is 15.3. The van der Waals surface area contributed by atoms with E-state index in [2.05, 4.69) is 5.32 Å². The molecule has 0 bridgehead atoms. The van der Waals surface area contributed by atoms with Crippen LogP contribution in [0.2, 0.25) is 0 Å². The molecule has 42 heavy (non-hydrogen) atoms. The molecular weight excluding hydrogens is 924 g/mol. The van der Waals surface area contributed by atoms with Gasteiger partial charge in [-0.2, -0.15) is 0 Å². The molecule has 0 aromatic heterocycles. The molecule has 3 N–H and O–H groups in total. The number of ether oxygens (including phenoxy) is 5. The number of hydrogen-bond donors (Lipinski definition) is 2. The summed E-state index contributed by atoms with van der Waals surface area (Å²) in [6, 6.07) is 0. The number of halogens is 4. The monoisotopic (exact) mass is 950 g/mol. The Bertz CT molecular complexity index is 1280. The molecule has 18 heteroatoms. The van der Waals surface area contributed by atoms with Crippen molar-refractivity contribution in [1.82, 2.24) is 5.32 Å². The Kier molecular flexibility index (Phi) is 15.7. The fraction of sp³-hybridized carbons (Fsp3) is 0.458. The molecule has 4 atom stereocenters. The summed E-state index contributed by atoms with van der Waals surface area (Å²) in [6.07, 6.45) is -6.43. The minimum atomic E-state index is -1.68. The molecule has 0 fully saturated rings. The van der Waals surface area contributed by atoms with Gasteiger partial charge in [0.1, 0.15) is 6.61 Å². The van der Waals surface area contributed by atoms with E-state index in [4.69, 9.17) is 41.0 Å². The van der Waals surface area contributed by atoms with E-state index in [-0.39, 0.29) is 20.4 Å². The number of benzene rings is 1. The smallest absolute Gasteiger partial charge is 0.303 e. The number of amides is 1. The molecule has 0 aliphatic heterocycles. The van der Waals surface area contributed by atoms with Crippen molar-refractivity contribution in [3.8, 4) is 0 Å². The Morgan fingerprint density at radius 3 is 1.55 bits per heavy atom. The highest BCUT2D eigenvalue weighted by Crippen LogP contribution is 2.34. The molecule has 4 unspecified atom stereocenters. The zero-order valence-corrected chi connectivity index (χ0v) is 29.9. The zero-order valence-electron chi connectivity index (χ0n) is 22.7. The topological polar surface area (TPSA) is 204 Å². The Morgan fingerprint density at radius 2 is 1.12 bits per heavy atom. The molecule has 0 spiro atoms. The number of carbonyl (C=O) groups is 7. The van der Waals surface area contributed by atoms with E-state index in [9.17, 15) is 33.6 Å². The van der Waals surface area contributed by atoms with Crippen LogP contribution in [0.5, 0.6) is 0 Å². The maximum atomic E-state index is 13.4. The van der Waals surface area contributed by atoms with Gasteiger partial charge in [-0.15, -0.1) is 0 Å². The lowest BCUT2D eigenvalue weighted by atomic mass is 10.0. The van der Waals surface area contributed by atoms with Crippen LogP contribution in [0.1, 0.15) is 55.3 Å². The standard InChI is InChI=1S/C24H26ClI3N2O12/c1-8(31)38-7-14(40-10(3)33)22(42-12(5)35)21(41-11(4)34)13(39-9(2)32)6-30-24(37)16-17(26)15(23(25)36)18(27)20(29)19(16)28/h13-14,21-22H,6-7,29H2,1-5H3,(H,30,37). The lowest BCUT2D eigenvalue weighted by Crippen LogP contribution is -2.55. The highest BCUT2D eigenvalue weighted by molar-refractivity contribution is 14.1. The summed E-state index contributed by atoms with van der Waals surface area (Å²) in [6.45, 7) is 4.00. The number of nitrogens with two attached hydrogens (primary N) is 1. The molecule has 0 saturated carbocycles. The van der Waals surface area contributed by atoms with Crippen molar-refractivity contribution in [2.24, 2.45) is 0 Å². The van der Waals surface area contributed by atoms with Crippen molar-refractivity contribution in [3.63, 3.8) is 0 Å². The van der Waals surface area contributed by atoms with Crippen molar-refractivity contribution < 1.29 is 57.2 Å². The molecule has 232 valence electrons. The van der Waals surface area contributed by atoms with Crippen LogP contribution in [0.4, 0.5) is 5.69 Å². The number of anilines is 1. The SMILES string of the molecule is CC(=O)OCC(OC(C)=O)C(OC(C)=O)C(OC(C)=O)C(CNC(=O)c1c(I)c(N)c(I)c(C(=O)Cl)c1I)OC(C)=O. The van der Waals surface area contributed by atoms with E-state index in [0.717, 1.165) is 34.6 Å². The van der Waals surface area contributed by atoms with Gasteiger partial charge in [-0.3, -0.25) is 33.6 Å². The van der Waals surface area contributed by atoms with Gasteiger partial charge in [-0.25, -0.2) is 0 Å². The van der Waals surface area contributed by atoms with Gasteiger partial charge in [0.25, 0.3) is 11.1 Å². The van der Waals surface area contributed by atoms with Gasteiger partial charge in [0.05, 0.1) is 30.5 Å². The lowest BCUT2D eigenvalue weighted by Gasteiger charge is -2.35. The van der Waals surface area contributed by atoms with Crippen molar-refractivity contribution in [2.45, 2.75) is 59.0 Å². The molecule has 0 aliphatic rings. The highest BCUT2D eigenvalue weighted by atomic mass is 127. The maximum Gasteiger partial charge on any atom is 0.303 e. The van der Waals surface area contributed by atoms with E-state index < -0.39 is 78.6 Å². The number of rotatable bonds is 13. The van der Waals surface area contributed by atoms with Crippen molar-refractivity contribution in [3.05, 3.63) is 21.8 Å². The van der Waals surface area contributed by atoms with Gasteiger partial charge in [0, 0.05) is 38.2 Å². The maximum absolute atomic E-state index is 13.4. The number of nitrogens with one attached hydrogen (secondary N) is 1. The van der Waals surface area contributed by atoms with Crippen LogP contribution in [0.25, 0.3) is 0 Å². The Morgan fingerprint density at radius 1 is 0.690 bits per heavy atom. The molecule has 14 nitrogen and oxygen atoms in total. The van der Waals surface area contributed by atoms with Crippen LogP contribution in [-0.2, 0) is 47.7 Å². The van der Waals surface area contributed by atoms with E-state index in [1.54, 1.807) is 22.6 Å². The number of esters is 5. The van der Waals surface area contributed by atoms with Crippen molar-refractivity contribution in [2.75, 3.05) is 18.9 Å². The first-order valence-electron chi connectivity index (χ1n) is 11.6. The predicted molar refractivity (Wildman–Crippen MR) is 170 cm³/mol. The molecule has 0 heterocycles. The lowest BCUT2D eigenvalue weighted by molar-refractivity contribution is -0.202. The zero-order chi connectivity index (χ0) is 32.5. The van der Waals surface area contributed by atoms with Crippen LogP contribution < -0.4 is 11.1 Å². The summed E-state index contributed by atoms with van der Waals surface area (Å²) in [7, 11) is 0. The first-order chi connectivity index (χ1) is 19.4. The van der Waals surface area contributed by atoms with Gasteiger partial charge >= 0.3 is 29.8 Å². The molecule has 1 rings (SSSR count). The van der Waals surface area contributed by atoms with E-state index in [1.165, 1.54) is 0 Å². The number of hydrogen-bond acceptors (Lipinski definition) is 13. The van der Waals surface area contributed by atoms with Crippen LogP contribution in [-0.4, -0.2) is 78.6 Å². The van der Waals surface area contributed by atoms with Crippen molar-refractivity contribution >= 4 is 126 Å². The molecule has 0 aliphatic carbocycles. The normalized spacial score (nSPS) is 13.5. The van der Waals surface area contributed by atoms with Gasteiger partial charge < -0.3 is 34.7 Å². The van der Waals surface area contributed by atoms with Crippen molar-refractivity contribution in [1.29, 1.82) is 0 Å². The fourth-order valence-electron chi connectivity index (χ4n) is 3.48. The van der Waals surface area contributed by atoms with Gasteiger partial charge in [0.15, 0.2) is 24.4 Å². The number of carbonyl (C=O) groups excluding carboxylic acids is 7. The molecule has 1 amide bonds. The average molecular weight is 951 g/mol. The Balaban J connectivity index is 3.63. The third-order valence-electron chi connectivity index (χ3n) is 4.98. The van der Waals surface area contributed by atoms with Crippen LogP contribution in [0, 0.1) is 10.7 Å². The second kappa shape index (κ2) is 17.3. The Hall–Kier alpha value is -2.01. The third-order valence-corrected chi connectivity index (χ3v) is 8.49. The predicted octanol–water partition coefficient (Wildman–Crippen LogP) is 2.48. The largest absolute Gasteiger partial charge is 0.462 e. The molecule has 0 radical (unpaired) electrons. The third kappa shape index (κ3) is 11.2. The van der Waals surface area contributed by atoms with Gasteiger partial charge in [-0.05, 0) is 79.4 Å². The quantitative estimate of drug-likeness (QED) is 0.0961. The summed E-state index contributed by atoms with van der Waals surface area (Å²) >= 11 is 11.1. The molecule has 1 aromatic rings. The van der Waals surface area contributed by atoms with E-state index in [1.807, 2.05) is 45.2 Å². The minimum absolute atomic E-state index is 0.00656. The average Bonchev–Trinajstić information content (AvgIpc) is 2.84. The van der Waals surface area contributed by atoms with Crippen LogP contribution in [0.15, 0.2) is 0 Å².